The minimum absolute atomic E-state index is 0.211. The van der Waals surface area contributed by atoms with Gasteiger partial charge in [-0.2, -0.15) is 5.10 Å². The Hall–Kier alpha value is -3.85. The fourth-order valence-corrected chi connectivity index (χ4v) is 4.19. The summed E-state index contributed by atoms with van der Waals surface area (Å²) in [6.45, 7) is 2.68. The van der Waals surface area contributed by atoms with E-state index in [-0.39, 0.29) is 25.1 Å². The molecule has 5 rings (SSSR count). The van der Waals surface area contributed by atoms with Crippen LogP contribution in [0.25, 0.3) is 0 Å². The van der Waals surface area contributed by atoms with Gasteiger partial charge in [-0.05, 0) is 36.6 Å². The van der Waals surface area contributed by atoms with Crippen molar-refractivity contribution in [2.75, 3.05) is 12.1 Å². The largest absolute Gasteiger partial charge is 0.489 e. The molecular weight excluding hydrogens is 445 g/mol. The van der Waals surface area contributed by atoms with E-state index < -0.39 is 0 Å². The highest BCUT2D eigenvalue weighted by Crippen LogP contribution is 2.35. The number of benzene rings is 2. The molecule has 1 amide bonds. The standard InChI is InChI=1S/C24H20FN3O4S/c1-15-8-23(27-28(15)11-17-4-2-3-5-19(17)25)26-24(29)22-9-16(13-33-22)12-30-18-6-7-20-21(10-18)32-14-31-20/h2-10,13H,11-12,14H2,1H3,(H,26,27,29). The Morgan fingerprint density at radius 3 is 2.91 bits per heavy atom. The molecule has 0 radical (unpaired) electrons. The molecule has 0 bridgehead atoms. The zero-order chi connectivity index (χ0) is 22.8. The van der Waals surface area contributed by atoms with Crippen molar-refractivity contribution in [3.63, 3.8) is 0 Å². The topological polar surface area (TPSA) is 74.6 Å². The molecule has 3 heterocycles. The van der Waals surface area contributed by atoms with Crippen LogP contribution in [0.5, 0.6) is 17.2 Å². The zero-order valence-corrected chi connectivity index (χ0v) is 18.5. The Morgan fingerprint density at radius 1 is 1.18 bits per heavy atom. The van der Waals surface area contributed by atoms with Crippen LogP contribution in [0.1, 0.15) is 26.5 Å². The maximum Gasteiger partial charge on any atom is 0.266 e. The van der Waals surface area contributed by atoms with Gasteiger partial charge in [-0.15, -0.1) is 11.3 Å². The van der Waals surface area contributed by atoms with Crippen LogP contribution >= 0.6 is 11.3 Å². The number of rotatable bonds is 7. The summed E-state index contributed by atoms with van der Waals surface area (Å²) in [5.41, 5.74) is 2.23. The zero-order valence-electron chi connectivity index (χ0n) is 17.7. The third-order valence-electron chi connectivity index (χ3n) is 5.13. The number of nitrogens with zero attached hydrogens (tertiary/aromatic N) is 2. The fraction of sp³-hybridized carbons (Fsp3) is 0.167. The molecule has 0 atom stereocenters. The number of thiophene rings is 1. The summed E-state index contributed by atoms with van der Waals surface area (Å²) in [5.74, 6) is 1.88. The number of halogens is 1. The number of anilines is 1. The number of aromatic nitrogens is 2. The first-order valence-electron chi connectivity index (χ1n) is 10.2. The Bertz CT molecular complexity index is 1320. The summed E-state index contributed by atoms with van der Waals surface area (Å²) in [4.78, 5) is 13.2. The van der Waals surface area contributed by atoms with Crippen LogP contribution in [-0.4, -0.2) is 22.5 Å². The second-order valence-electron chi connectivity index (χ2n) is 7.50. The van der Waals surface area contributed by atoms with Crippen molar-refractivity contribution in [1.29, 1.82) is 0 Å². The summed E-state index contributed by atoms with van der Waals surface area (Å²) in [7, 11) is 0. The summed E-state index contributed by atoms with van der Waals surface area (Å²) in [5, 5.41) is 9.09. The molecule has 0 aliphatic carbocycles. The second-order valence-corrected chi connectivity index (χ2v) is 8.41. The van der Waals surface area contributed by atoms with Crippen LogP contribution in [0.2, 0.25) is 0 Å². The lowest BCUT2D eigenvalue weighted by molar-refractivity contribution is 0.103. The molecule has 9 heteroatoms. The van der Waals surface area contributed by atoms with Gasteiger partial charge < -0.3 is 19.5 Å². The van der Waals surface area contributed by atoms with Gasteiger partial charge in [0.25, 0.3) is 5.91 Å². The predicted octanol–water partition coefficient (Wildman–Crippen LogP) is 5.00. The number of fused-ring (bicyclic) bond motifs is 1. The molecule has 2 aromatic carbocycles. The summed E-state index contributed by atoms with van der Waals surface area (Å²) >= 11 is 1.33. The van der Waals surface area contributed by atoms with Crippen molar-refractivity contribution in [3.8, 4) is 17.2 Å². The number of carbonyl (C=O) groups excluding carboxylic acids is 1. The van der Waals surface area contributed by atoms with Crippen molar-refractivity contribution in [3.05, 3.63) is 87.5 Å². The van der Waals surface area contributed by atoms with Gasteiger partial charge >= 0.3 is 0 Å². The molecule has 0 spiro atoms. The number of hydrogen-bond acceptors (Lipinski definition) is 6. The Morgan fingerprint density at radius 2 is 2.03 bits per heavy atom. The van der Waals surface area contributed by atoms with E-state index in [1.165, 1.54) is 17.4 Å². The monoisotopic (exact) mass is 465 g/mol. The Labute approximate surface area is 193 Å². The maximum absolute atomic E-state index is 13.9. The first kappa shape index (κ1) is 21.0. The van der Waals surface area contributed by atoms with Gasteiger partial charge in [-0.25, -0.2) is 4.39 Å². The lowest BCUT2D eigenvalue weighted by Gasteiger charge is -2.05. The van der Waals surface area contributed by atoms with Gasteiger partial charge in [0.2, 0.25) is 6.79 Å². The first-order chi connectivity index (χ1) is 16.0. The van der Waals surface area contributed by atoms with Crippen LogP contribution < -0.4 is 19.5 Å². The molecule has 0 unspecified atom stereocenters. The van der Waals surface area contributed by atoms with Crippen LogP contribution in [-0.2, 0) is 13.2 Å². The van der Waals surface area contributed by atoms with E-state index in [4.69, 9.17) is 14.2 Å². The third kappa shape index (κ3) is 4.68. The molecule has 0 fully saturated rings. The average Bonchev–Trinajstić information content (AvgIpc) is 3.54. The van der Waals surface area contributed by atoms with Crippen LogP contribution in [0.3, 0.4) is 0 Å². The van der Waals surface area contributed by atoms with Gasteiger partial charge in [-0.1, -0.05) is 18.2 Å². The molecule has 1 N–H and O–H groups in total. The Balaban J connectivity index is 1.20. The van der Waals surface area contributed by atoms with Crippen molar-refractivity contribution in [1.82, 2.24) is 9.78 Å². The van der Waals surface area contributed by atoms with E-state index in [0.29, 0.717) is 40.1 Å². The van der Waals surface area contributed by atoms with Crippen molar-refractivity contribution in [2.24, 2.45) is 0 Å². The van der Waals surface area contributed by atoms with Gasteiger partial charge in [0.15, 0.2) is 17.3 Å². The number of aryl methyl sites for hydroxylation is 1. The van der Waals surface area contributed by atoms with Crippen molar-refractivity contribution < 1.29 is 23.4 Å². The normalized spacial score (nSPS) is 12.1. The smallest absolute Gasteiger partial charge is 0.266 e. The predicted molar refractivity (Wildman–Crippen MR) is 122 cm³/mol. The van der Waals surface area contributed by atoms with Crippen molar-refractivity contribution >= 4 is 23.1 Å². The van der Waals surface area contributed by atoms with Crippen molar-refractivity contribution in [2.45, 2.75) is 20.1 Å². The molecule has 1 aliphatic rings. The van der Waals surface area contributed by atoms with E-state index in [1.807, 2.05) is 18.4 Å². The number of carbonyl (C=O) groups is 1. The molecule has 4 aromatic rings. The number of hydrogen-bond donors (Lipinski definition) is 1. The SMILES string of the molecule is Cc1cc(NC(=O)c2cc(COc3ccc4c(c3)OCO4)cs2)nn1Cc1ccccc1F. The highest BCUT2D eigenvalue weighted by molar-refractivity contribution is 7.12. The lowest BCUT2D eigenvalue weighted by Crippen LogP contribution is -2.12. The summed E-state index contributed by atoms with van der Waals surface area (Å²) in [6, 6.07) is 15.5. The second kappa shape index (κ2) is 8.95. The number of ether oxygens (including phenoxy) is 3. The van der Waals surface area contributed by atoms with Gasteiger partial charge in [0.05, 0.1) is 11.4 Å². The van der Waals surface area contributed by atoms with Gasteiger partial charge in [0, 0.05) is 29.0 Å². The van der Waals surface area contributed by atoms with E-state index in [1.54, 1.807) is 47.1 Å². The maximum atomic E-state index is 13.9. The average molecular weight is 466 g/mol. The molecule has 0 saturated carbocycles. The summed E-state index contributed by atoms with van der Waals surface area (Å²) in [6.07, 6.45) is 0. The quantitative estimate of drug-likeness (QED) is 0.416. The summed E-state index contributed by atoms with van der Waals surface area (Å²) < 4.78 is 32.1. The van der Waals surface area contributed by atoms with Crippen LogP contribution in [0, 0.1) is 12.7 Å². The van der Waals surface area contributed by atoms with E-state index in [0.717, 1.165) is 11.3 Å². The molecule has 168 valence electrons. The molecule has 0 saturated heterocycles. The molecule has 7 nitrogen and oxygen atoms in total. The number of nitrogens with one attached hydrogen (secondary N) is 1. The molecule has 1 aliphatic heterocycles. The Kier molecular flexibility index (Phi) is 5.70. The highest BCUT2D eigenvalue weighted by atomic mass is 32.1. The van der Waals surface area contributed by atoms with E-state index in [9.17, 15) is 9.18 Å². The third-order valence-corrected chi connectivity index (χ3v) is 6.11. The van der Waals surface area contributed by atoms with E-state index >= 15 is 0 Å². The first-order valence-corrected chi connectivity index (χ1v) is 11.1. The molecule has 33 heavy (non-hydrogen) atoms. The molecular formula is C24H20FN3O4S. The van der Waals surface area contributed by atoms with Crippen LogP contribution in [0.4, 0.5) is 10.2 Å². The molecule has 2 aromatic heterocycles. The number of amides is 1. The van der Waals surface area contributed by atoms with Gasteiger partial charge in [-0.3, -0.25) is 9.48 Å². The lowest BCUT2D eigenvalue weighted by atomic mass is 10.2. The minimum Gasteiger partial charge on any atom is -0.489 e. The van der Waals surface area contributed by atoms with E-state index in [2.05, 4.69) is 10.4 Å². The van der Waals surface area contributed by atoms with Crippen LogP contribution in [0.15, 0.2) is 60.0 Å². The fourth-order valence-electron chi connectivity index (χ4n) is 3.40. The van der Waals surface area contributed by atoms with Gasteiger partial charge in [0.1, 0.15) is 18.2 Å². The highest BCUT2D eigenvalue weighted by Gasteiger charge is 2.15. The minimum atomic E-state index is -0.285.